The van der Waals surface area contributed by atoms with Crippen LogP contribution in [0.1, 0.15) is 45.8 Å². The van der Waals surface area contributed by atoms with Gasteiger partial charge in [0, 0.05) is 6.42 Å². The van der Waals surface area contributed by atoms with Crippen molar-refractivity contribution in [1.29, 1.82) is 0 Å². The summed E-state index contributed by atoms with van der Waals surface area (Å²) in [5.74, 6) is 0.0643. The number of H-pyrrole nitrogens is 1. The van der Waals surface area contributed by atoms with Crippen LogP contribution in [0.5, 0.6) is 0 Å². The number of hydrogen-bond donors (Lipinski definition) is 1. The van der Waals surface area contributed by atoms with E-state index in [2.05, 4.69) is 10.1 Å². The van der Waals surface area contributed by atoms with Gasteiger partial charge in [0.2, 0.25) is 0 Å². The van der Waals surface area contributed by atoms with E-state index >= 15 is 0 Å². The van der Waals surface area contributed by atoms with Gasteiger partial charge in [0.1, 0.15) is 12.8 Å². The third-order valence-electron chi connectivity index (χ3n) is 3.74. The Kier molecular flexibility index (Phi) is 5.48. The zero-order valence-electron chi connectivity index (χ0n) is 12.8. The summed E-state index contributed by atoms with van der Waals surface area (Å²) in [5.41, 5.74) is -1.15. The Morgan fingerprint density at radius 1 is 1.55 bits per heavy atom. The Morgan fingerprint density at radius 2 is 2.32 bits per heavy atom. The van der Waals surface area contributed by atoms with Gasteiger partial charge in [-0.05, 0) is 18.8 Å². The number of aromatic nitrogens is 3. The van der Waals surface area contributed by atoms with Crippen molar-refractivity contribution in [3.05, 3.63) is 27.0 Å². The summed E-state index contributed by atoms with van der Waals surface area (Å²) in [6, 6.07) is 0. The van der Waals surface area contributed by atoms with E-state index in [-0.39, 0.29) is 18.7 Å². The van der Waals surface area contributed by atoms with Crippen molar-refractivity contribution in [2.45, 2.75) is 51.9 Å². The molecular weight excluding hydrogens is 290 g/mol. The normalized spacial score (nSPS) is 22.5. The van der Waals surface area contributed by atoms with Gasteiger partial charge in [-0.25, -0.2) is 4.79 Å². The average molecular weight is 311 g/mol. The molecule has 1 saturated heterocycles. The molecule has 0 bridgehead atoms. The van der Waals surface area contributed by atoms with Gasteiger partial charge in [0.05, 0.1) is 6.10 Å². The maximum absolute atomic E-state index is 11.6. The molecule has 22 heavy (non-hydrogen) atoms. The number of carbonyl (C=O) groups excluding carboxylic acids is 1. The van der Waals surface area contributed by atoms with Gasteiger partial charge >= 0.3 is 11.7 Å². The van der Waals surface area contributed by atoms with E-state index in [0.717, 1.165) is 17.3 Å². The molecule has 2 heterocycles. The SMILES string of the molecule is CCC(C)CC(=O)OCC1CCC(n2ncc(=O)[nH]c2=O)O1. The van der Waals surface area contributed by atoms with E-state index in [9.17, 15) is 14.4 Å². The van der Waals surface area contributed by atoms with Gasteiger partial charge in [0.15, 0.2) is 6.23 Å². The summed E-state index contributed by atoms with van der Waals surface area (Å²) < 4.78 is 12.0. The van der Waals surface area contributed by atoms with Gasteiger partial charge < -0.3 is 9.47 Å². The molecule has 1 aromatic heterocycles. The molecule has 0 radical (unpaired) electrons. The molecule has 0 amide bonds. The summed E-state index contributed by atoms with van der Waals surface area (Å²) in [7, 11) is 0. The molecule has 8 nitrogen and oxygen atoms in total. The largest absolute Gasteiger partial charge is 0.463 e. The predicted molar refractivity (Wildman–Crippen MR) is 77.3 cm³/mol. The van der Waals surface area contributed by atoms with Crippen molar-refractivity contribution in [3.8, 4) is 0 Å². The van der Waals surface area contributed by atoms with Gasteiger partial charge in [-0.3, -0.25) is 14.6 Å². The monoisotopic (exact) mass is 311 g/mol. The maximum Gasteiger partial charge on any atom is 0.347 e. The molecule has 0 aliphatic carbocycles. The Hall–Kier alpha value is -1.96. The first-order valence-corrected chi connectivity index (χ1v) is 7.48. The van der Waals surface area contributed by atoms with Crippen LogP contribution in [0.15, 0.2) is 15.8 Å². The highest BCUT2D eigenvalue weighted by Crippen LogP contribution is 2.26. The minimum absolute atomic E-state index is 0.171. The molecule has 3 unspecified atom stereocenters. The number of nitrogens with one attached hydrogen (secondary N) is 1. The summed E-state index contributed by atoms with van der Waals surface area (Å²) >= 11 is 0. The van der Waals surface area contributed by atoms with Gasteiger partial charge in [-0.1, -0.05) is 20.3 Å². The zero-order chi connectivity index (χ0) is 16.1. The first-order chi connectivity index (χ1) is 10.5. The lowest BCUT2D eigenvalue weighted by Crippen LogP contribution is -2.34. The minimum Gasteiger partial charge on any atom is -0.463 e. The zero-order valence-corrected chi connectivity index (χ0v) is 12.8. The van der Waals surface area contributed by atoms with Crippen LogP contribution < -0.4 is 11.2 Å². The van der Waals surface area contributed by atoms with Crippen LogP contribution in [-0.4, -0.2) is 33.4 Å². The Balaban J connectivity index is 1.84. The van der Waals surface area contributed by atoms with E-state index < -0.39 is 17.5 Å². The summed E-state index contributed by atoms with van der Waals surface area (Å²) in [4.78, 5) is 36.4. The van der Waals surface area contributed by atoms with Crippen LogP contribution in [-0.2, 0) is 14.3 Å². The second-order valence-electron chi connectivity index (χ2n) is 5.57. The summed E-state index contributed by atoms with van der Waals surface area (Å²) in [6.07, 6.45) is 2.80. The molecule has 1 fully saturated rings. The van der Waals surface area contributed by atoms with E-state index in [0.29, 0.717) is 25.2 Å². The topological polar surface area (TPSA) is 103 Å². The first-order valence-electron chi connectivity index (χ1n) is 7.48. The number of aromatic amines is 1. The highest BCUT2D eigenvalue weighted by Gasteiger charge is 2.29. The molecular formula is C14H21N3O5. The molecule has 1 aliphatic heterocycles. The van der Waals surface area contributed by atoms with E-state index in [1.165, 1.54) is 0 Å². The molecule has 2 rings (SSSR count). The number of carbonyl (C=O) groups is 1. The molecule has 0 aromatic carbocycles. The van der Waals surface area contributed by atoms with E-state index in [1.807, 2.05) is 13.8 Å². The second-order valence-corrected chi connectivity index (χ2v) is 5.57. The molecule has 1 aromatic rings. The van der Waals surface area contributed by atoms with Crippen LogP contribution >= 0.6 is 0 Å². The molecule has 122 valence electrons. The third kappa shape index (κ3) is 4.27. The summed E-state index contributed by atoms with van der Waals surface area (Å²) in [6.45, 7) is 4.19. The van der Waals surface area contributed by atoms with Gasteiger partial charge in [-0.2, -0.15) is 9.78 Å². The lowest BCUT2D eigenvalue weighted by atomic mass is 10.1. The fraction of sp³-hybridized carbons (Fsp3) is 0.714. The maximum atomic E-state index is 11.6. The minimum atomic E-state index is -0.605. The molecule has 1 aliphatic rings. The van der Waals surface area contributed by atoms with Crippen LogP contribution in [0.2, 0.25) is 0 Å². The van der Waals surface area contributed by atoms with Crippen LogP contribution in [0, 0.1) is 5.92 Å². The van der Waals surface area contributed by atoms with Crippen LogP contribution in [0.25, 0.3) is 0 Å². The smallest absolute Gasteiger partial charge is 0.347 e. The van der Waals surface area contributed by atoms with Crippen molar-refractivity contribution in [2.24, 2.45) is 5.92 Å². The number of nitrogens with zero attached hydrogens (tertiary/aromatic N) is 2. The number of hydrogen-bond acceptors (Lipinski definition) is 6. The third-order valence-corrected chi connectivity index (χ3v) is 3.74. The fourth-order valence-electron chi connectivity index (χ4n) is 2.23. The highest BCUT2D eigenvalue weighted by atomic mass is 16.6. The first kappa shape index (κ1) is 16.4. The molecule has 1 N–H and O–H groups in total. The van der Waals surface area contributed by atoms with Crippen molar-refractivity contribution in [1.82, 2.24) is 14.8 Å². The van der Waals surface area contributed by atoms with E-state index in [4.69, 9.17) is 9.47 Å². The quantitative estimate of drug-likeness (QED) is 0.771. The molecule has 0 spiro atoms. The van der Waals surface area contributed by atoms with Gasteiger partial charge in [0.25, 0.3) is 5.56 Å². The lowest BCUT2D eigenvalue weighted by Gasteiger charge is -2.15. The molecule has 3 atom stereocenters. The predicted octanol–water partition coefficient (Wildman–Crippen LogP) is 0.589. The highest BCUT2D eigenvalue weighted by molar-refractivity contribution is 5.69. The van der Waals surface area contributed by atoms with Crippen LogP contribution in [0.3, 0.4) is 0 Å². The fourth-order valence-corrected chi connectivity index (χ4v) is 2.23. The Morgan fingerprint density at radius 3 is 3.00 bits per heavy atom. The second kappa shape index (κ2) is 7.35. The number of esters is 1. The van der Waals surface area contributed by atoms with Crippen molar-refractivity contribution < 1.29 is 14.3 Å². The molecule has 0 saturated carbocycles. The van der Waals surface area contributed by atoms with Crippen molar-refractivity contribution >= 4 is 5.97 Å². The standard InChI is InChI=1S/C14H21N3O5/c1-3-9(2)6-13(19)21-8-10-4-5-12(22-10)17-14(20)16-11(18)7-15-17/h7,9-10,12H,3-6,8H2,1-2H3,(H,16,18,20). The Labute approximate surface area is 127 Å². The Bertz CT molecular complexity index is 623. The van der Waals surface area contributed by atoms with Crippen molar-refractivity contribution in [3.63, 3.8) is 0 Å². The number of ether oxygens (including phenoxy) is 2. The number of rotatable bonds is 6. The van der Waals surface area contributed by atoms with Gasteiger partial charge in [-0.15, -0.1) is 0 Å². The lowest BCUT2D eigenvalue weighted by molar-refractivity contribution is -0.149. The van der Waals surface area contributed by atoms with Crippen LogP contribution in [0.4, 0.5) is 0 Å². The van der Waals surface area contributed by atoms with Crippen molar-refractivity contribution in [2.75, 3.05) is 6.61 Å². The molecule has 8 heteroatoms. The average Bonchev–Trinajstić information content (AvgIpc) is 2.93. The van der Waals surface area contributed by atoms with E-state index in [1.54, 1.807) is 0 Å². The summed E-state index contributed by atoms with van der Waals surface area (Å²) in [5, 5.41) is 3.77.